The normalized spacial score (nSPS) is 10.5. The SMILES string of the molecule is CCC#Cc1ccc2c(=O)c(-c3ncc[nH]3)c(N)n(CC)c2n1. The monoisotopic (exact) mass is 307 g/mol. The molecule has 23 heavy (non-hydrogen) atoms. The average Bonchev–Trinajstić information content (AvgIpc) is 3.07. The van der Waals surface area contributed by atoms with Crippen molar-refractivity contribution in [1.82, 2.24) is 19.5 Å². The molecular formula is C17H17N5O. The van der Waals surface area contributed by atoms with Crippen molar-refractivity contribution in [3.63, 3.8) is 0 Å². The maximum absolute atomic E-state index is 12.8. The van der Waals surface area contributed by atoms with Crippen molar-refractivity contribution in [1.29, 1.82) is 0 Å². The number of hydrogen-bond donors (Lipinski definition) is 2. The summed E-state index contributed by atoms with van der Waals surface area (Å²) in [7, 11) is 0. The van der Waals surface area contributed by atoms with Gasteiger partial charge in [0.15, 0.2) is 0 Å². The number of pyridine rings is 2. The van der Waals surface area contributed by atoms with Crippen molar-refractivity contribution in [2.45, 2.75) is 26.8 Å². The van der Waals surface area contributed by atoms with E-state index in [1.54, 1.807) is 24.5 Å². The van der Waals surface area contributed by atoms with Crippen molar-refractivity contribution in [3.05, 3.63) is 40.4 Å². The summed E-state index contributed by atoms with van der Waals surface area (Å²) in [6.45, 7) is 4.52. The third-order valence-electron chi connectivity index (χ3n) is 3.59. The first-order valence-corrected chi connectivity index (χ1v) is 7.49. The van der Waals surface area contributed by atoms with Crippen LogP contribution in [-0.4, -0.2) is 19.5 Å². The lowest BCUT2D eigenvalue weighted by atomic mass is 10.1. The molecule has 3 rings (SSSR count). The van der Waals surface area contributed by atoms with Crippen LogP contribution in [0.3, 0.4) is 0 Å². The van der Waals surface area contributed by atoms with Crippen LogP contribution in [0.4, 0.5) is 5.82 Å². The van der Waals surface area contributed by atoms with Gasteiger partial charge in [-0.25, -0.2) is 9.97 Å². The molecule has 0 aliphatic carbocycles. The van der Waals surface area contributed by atoms with Crippen molar-refractivity contribution < 1.29 is 0 Å². The zero-order valence-electron chi connectivity index (χ0n) is 13.1. The molecule has 0 radical (unpaired) electrons. The summed E-state index contributed by atoms with van der Waals surface area (Å²) < 4.78 is 1.81. The number of nitrogens with one attached hydrogen (secondary N) is 1. The predicted molar refractivity (Wildman–Crippen MR) is 90.8 cm³/mol. The van der Waals surface area contributed by atoms with Gasteiger partial charge in [-0.05, 0) is 25.0 Å². The Balaban J connectivity index is 2.37. The van der Waals surface area contributed by atoms with Crippen LogP contribution in [-0.2, 0) is 6.54 Å². The van der Waals surface area contributed by atoms with Crippen LogP contribution >= 0.6 is 0 Å². The fraction of sp³-hybridized carbons (Fsp3) is 0.235. The van der Waals surface area contributed by atoms with E-state index >= 15 is 0 Å². The molecule has 0 bridgehead atoms. The predicted octanol–water partition coefficient (Wildman–Crippen LogP) is 2.15. The zero-order valence-corrected chi connectivity index (χ0v) is 13.1. The summed E-state index contributed by atoms with van der Waals surface area (Å²) in [6.07, 6.45) is 4.01. The number of aromatic nitrogens is 4. The molecule has 6 heteroatoms. The Morgan fingerprint density at radius 1 is 1.35 bits per heavy atom. The lowest BCUT2D eigenvalue weighted by Crippen LogP contribution is -2.18. The molecule has 0 atom stereocenters. The number of anilines is 1. The lowest BCUT2D eigenvalue weighted by molar-refractivity contribution is 0.788. The highest BCUT2D eigenvalue weighted by atomic mass is 16.1. The minimum absolute atomic E-state index is 0.181. The standard InChI is InChI=1S/C17H17N5O/c1-3-5-6-11-7-8-12-14(23)13(16-19-9-10-20-16)15(18)22(4-2)17(12)21-11/h7-10H,3-4,18H2,1-2H3,(H,19,20). The number of rotatable bonds is 2. The Morgan fingerprint density at radius 2 is 2.17 bits per heavy atom. The van der Waals surface area contributed by atoms with Gasteiger partial charge in [0.25, 0.3) is 0 Å². The number of nitrogens with two attached hydrogens (primary N) is 1. The smallest absolute Gasteiger partial charge is 0.204 e. The van der Waals surface area contributed by atoms with Gasteiger partial charge in [-0.15, -0.1) is 0 Å². The maximum atomic E-state index is 12.8. The molecule has 0 unspecified atom stereocenters. The zero-order chi connectivity index (χ0) is 16.4. The highest BCUT2D eigenvalue weighted by Gasteiger charge is 2.18. The van der Waals surface area contributed by atoms with Gasteiger partial charge in [-0.3, -0.25) is 4.79 Å². The summed E-state index contributed by atoms with van der Waals surface area (Å²) in [6, 6.07) is 3.51. The summed E-state index contributed by atoms with van der Waals surface area (Å²) >= 11 is 0. The van der Waals surface area contributed by atoms with Crippen molar-refractivity contribution in [3.8, 4) is 23.2 Å². The van der Waals surface area contributed by atoms with E-state index in [1.165, 1.54) is 0 Å². The molecule has 0 saturated heterocycles. The molecule has 0 saturated carbocycles. The summed E-state index contributed by atoms with van der Waals surface area (Å²) in [5.41, 5.74) is 7.60. The molecule has 0 fully saturated rings. The Morgan fingerprint density at radius 3 is 2.83 bits per heavy atom. The molecule has 3 aromatic rings. The average molecular weight is 307 g/mol. The van der Waals surface area contributed by atoms with E-state index in [2.05, 4.69) is 26.8 Å². The summed E-state index contributed by atoms with van der Waals surface area (Å²) in [4.78, 5) is 24.4. The second kappa shape index (κ2) is 5.97. The fourth-order valence-electron chi connectivity index (χ4n) is 2.53. The topological polar surface area (TPSA) is 89.6 Å². The highest BCUT2D eigenvalue weighted by Crippen LogP contribution is 2.23. The number of hydrogen-bond acceptors (Lipinski definition) is 4. The molecule has 6 nitrogen and oxygen atoms in total. The Bertz CT molecular complexity index is 974. The second-order valence-electron chi connectivity index (χ2n) is 4.99. The van der Waals surface area contributed by atoms with Gasteiger partial charge in [0.1, 0.15) is 28.5 Å². The van der Waals surface area contributed by atoms with Crippen molar-refractivity contribution >= 4 is 16.9 Å². The molecule has 3 aromatic heterocycles. The van der Waals surface area contributed by atoms with E-state index < -0.39 is 0 Å². The van der Waals surface area contributed by atoms with Crippen molar-refractivity contribution in [2.24, 2.45) is 0 Å². The Labute approximate surface area is 133 Å². The molecule has 0 aliphatic heterocycles. The number of aromatic amines is 1. The third-order valence-corrected chi connectivity index (χ3v) is 3.59. The number of nitrogen functional groups attached to an aromatic ring is 1. The largest absolute Gasteiger partial charge is 0.384 e. The quantitative estimate of drug-likeness (QED) is 0.710. The Kier molecular flexibility index (Phi) is 3.85. The van der Waals surface area contributed by atoms with Crippen LogP contribution in [0.1, 0.15) is 26.0 Å². The van der Waals surface area contributed by atoms with E-state index in [-0.39, 0.29) is 5.43 Å². The number of fused-ring (bicyclic) bond motifs is 1. The van der Waals surface area contributed by atoms with E-state index in [4.69, 9.17) is 5.73 Å². The molecule has 0 aliphatic rings. The molecule has 0 spiro atoms. The minimum Gasteiger partial charge on any atom is -0.384 e. The number of nitrogens with zero attached hydrogens (tertiary/aromatic N) is 3. The van der Waals surface area contributed by atoms with Gasteiger partial charge in [-0.1, -0.05) is 12.8 Å². The minimum atomic E-state index is -0.181. The van der Waals surface area contributed by atoms with Gasteiger partial charge in [0, 0.05) is 25.4 Å². The number of imidazole rings is 1. The lowest BCUT2D eigenvalue weighted by Gasteiger charge is -2.14. The van der Waals surface area contributed by atoms with Crippen molar-refractivity contribution in [2.75, 3.05) is 5.73 Å². The van der Waals surface area contributed by atoms with Crippen LogP contribution in [0.25, 0.3) is 22.4 Å². The van der Waals surface area contributed by atoms with E-state index in [9.17, 15) is 4.79 Å². The summed E-state index contributed by atoms with van der Waals surface area (Å²) in [5, 5.41) is 0.509. The van der Waals surface area contributed by atoms with Crippen LogP contribution in [0.2, 0.25) is 0 Å². The second-order valence-corrected chi connectivity index (χ2v) is 4.99. The van der Waals surface area contributed by atoms with Gasteiger partial charge in [-0.2, -0.15) is 0 Å². The van der Waals surface area contributed by atoms with Gasteiger partial charge < -0.3 is 15.3 Å². The van der Waals surface area contributed by atoms with Crippen LogP contribution < -0.4 is 11.2 Å². The van der Waals surface area contributed by atoms with Crippen LogP contribution in [0.5, 0.6) is 0 Å². The third kappa shape index (κ3) is 2.46. The van der Waals surface area contributed by atoms with E-state index in [1.807, 2.05) is 18.4 Å². The molecule has 0 amide bonds. The first kappa shape index (κ1) is 14.9. The molecular weight excluding hydrogens is 290 g/mol. The highest BCUT2D eigenvalue weighted by molar-refractivity contribution is 5.86. The number of H-pyrrole nitrogens is 1. The van der Waals surface area contributed by atoms with E-state index in [0.29, 0.717) is 40.5 Å². The fourth-order valence-corrected chi connectivity index (χ4v) is 2.53. The van der Waals surface area contributed by atoms with Gasteiger partial charge in [0.05, 0.1) is 5.39 Å². The number of aryl methyl sites for hydroxylation is 1. The van der Waals surface area contributed by atoms with Crippen LogP contribution in [0, 0.1) is 11.8 Å². The summed E-state index contributed by atoms with van der Waals surface area (Å²) in [5.74, 6) is 6.79. The van der Waals surface area contributed by atoms with Crippen LogP contribution in [0.15, 0.2) is 29.3 Å². The molecule has 3 heterocycles. The molecule has 0 aromatic carbocycles. The maximum Gasteiger partial charge on any atom is 0.204 e. The molecule has 3 N–H and O–H groups in total. The Hall–Kier alpha value is -3.07. The first-order chi connectivity index (χ1) is 11.2. The molecule has 116 valence electrons. The van der Waals surface area contributed by atoms with Gasteiger partial charge in [0.2, 0.25) is 5.43 Å². The van der Waals surface area contributed by atoms with Gasteiger partial charge >= 0.3 is 0 Å². The van der Waals surface area contributed by atoms with E-state index in [0.717, 1.165) is 6.42 Å². The first-order valence-electron chi connectivity index (χ1n) is 7.49.